The van der Waals surface area contributed by atoms with Gasteiger partial charge >= 0.3 is 5.97 Å². The van der Waals surface area contributed by atoms with Crippen molar-refractivity contribution in [2.24, 2.45) is 16.5 Å². The number of carbonyl (C=O) groups is 2. The van der Waals surface area contributed by atoms with E-state index in [1.165, 1.54) is 0 Å². The van der Waals surface area contributed by atoms with E-state index < -0.39 is 17.7 Å². The molecule has 0 aromatic heterocycles. The van der Waals surface area contributed by atoms with E-state index in [1.54, 1.807) is 30.3 Å². The van der Waals surface area contributed by atoms with Crippen molar-refractivity contribution < 1.29 is 24.3 Å². The first-order valence-corrected chi connectivity index (χ1v) is 9.54. The first-order valence-electron chi connectivity index (χ1n) is 9.54. The van der Waals surface area contributed by atoms with Crippen LogP contribution in [0.1, 0.15) is 38.7 Å². The zero-order valence-corrected chi connectivity index (χ0v) is 15.8. The molecule has 0 radical (unpaired) electrons. The van der Waals surface area contributed by atoms with E-state index in [0.29, 0.717) is 17.7 Å². The molecule has 1 saturated heterocycles. The van der Waals surface area contributed by atoms with Gasteiger partial charge in [-0.3, -0.25) is 4.79 Å². The number of esters is 1. The Balaban J connectivity index is 1.50. The molecular weight excluding hydrogens is 358 g/mol. The van der Waals surface area contributed by atoms with Gasteiger partial charge < -0.3 is 14.7 Å². The lowest BCUT2D eigenvalue weighted by Crippen LogP contribution is -2.47. The van der Waals surface area contributed by atoms with Gasteiger partial charge in [-0.05, 0) is 61.2 Å². The normalized spacial score (nSPS) is 36.1. The van der Waals surface area contributed by atoms with Crippen LogP contribution in [0.25, 0.3) is 0 Å². The average Bonchev–Trinajstić information content (AvgIpc) is 3.22. The minimum Gasteiger partial charge on any atom is -0.508 e. The summed E-state index contributed by atoms with van der Waals surface area (Å²) in [5, 5.41) is 13.7. The van der Waals surface area contributed by atoms with Crippen LogP contribution in [0.5, 0.6) is 5.75 Å². The minimum absolute atomic E-state index is 0.0292. The molecule has 1 spiro atoms. The van der Waals surface area contributed by atoms with Crippen LogP contribution in [0.2, 0.25) is 0 Å². The molecule has 2 aliphatic carbocycles. The average molecular weight is 379 g/mol. The van der Waals surface area contributed by atoms with Gasteiger partial charge in [0.2, 0.25) is 5.60 Å². The molecule has 6 nitrogen and oxygen atoms in total. The van der Waals surface area contributed by atoms with E-state index in [2.05, 4.69) is 12.1 Å². The number of ketones is 1. The van der Waals surface area contributed by atoms with E-state index in [-0.39, 0.29) is 22.9 Å². The number of phenols is 1. The molecule has 0 unspecified atom stereocenters. The van der Waals surface area contributed by atoms with Crippen LogP contribution in [0.4, 0.5) is 0 Å². The van der Waals surface area contributed by atoms with Crippen molar-refractivity contribution in [2.75, 3.05) is 0 Å². The lowest BCUT2D eigenvalue weighted by atomic mass is 9.60. The Morgan fingerprint density at radius 3 is 2.71 bits per heavy atom. The Labute approximate surface area is 162 Å². The number of rotatable bonds is 1. The monoisotopic (exact) mass is 379 g/mol. The summed E-state index contributed by atoms with van der Waals surface area (Å²) in [6.45, 7) is 3.91. The van der Waals surface area contributed by atoms with Gasteiger partial charge in [-0.1, -0.05) is 18.2 Å². The quantitative estimate of drug-likeness (QED) is 0.758. The van der Waals surface area contributed by atoms with Crippen molar-refractivity contribution in [2.45, 2.75) is 44.8 Å². The first kappa shape index (κ1) is 17.2. The largest absolute Gasteiger partial charge is 0.508 e. The smallest absolute Gasteiger partial charge is 0.354 e. The second-order valence-electron chi connectivity index (χ2n) is 8.37. The fourth-order valence-corrected chi connectivity index (χ4v) is 5.15. The van der Waals surface area contributed by atoms with Crippen molar-refractivity contribution in [3.8, 4) is 5.75 Å². The van der Waals surface area contributed by atoms with Crippen LogP contribution in [-0.4, -0.2) is 34.3 Å². The number of benzene rings is 1. The SMILES string of the molecule is CC1=C2[C@H]3OC(=O)[C@]4(CC(c5ccc(O)cc5)=NO4)[C@@H]3CC[C@@]2(C)C=CC1=O. The van der Waals surface area contributed by atoms with Crippen molar-refractivity contribution in [3.63, 3.8) is 0 Å². The maximum absolute atomic E-state index is 13.0. The number of aromatic hydroxyl groups is 1. The molecule has 2 aliphatic heterocycles. The highest BCUT2D eigenvalue weighted by atomic mass is 16.7. The number of carbonyl (C=O) groups excluding carboxylic acids is 2. The number of ether oxygens (including phenoxy) is 1. The van der Waals surface area contributed by atoms with Gasteiger partial charge in [-0.15, -0.1) is 0 Å². The van der Waals surface area contributed by atoms with Crippen molar-refractivity contribution in [1.82, 2.24) is 0 Å². The topological polar surface area (TPSA) is 85.2 Å². The highest BCUT2D eigenvalue weighted by molar-refractivity contribution is 6.07. The number of hydrogen-bond donors (Lipinski definition) is 1. The Bertz CT molecular complexity index is 989. The summed E-state index contributed by atoms with van der Waals surface area (Å²) in [4.78, 5) is 31.0. The molecule has 1 aromatic carbocycles. The van der Waals surface area contributed by atoms with Crippen LogP contribution in [0.15, 0.2) is 52.7 Å². The Morgan fingerprint density at radius 1 is 1.21 bits per heavy atom. The zero-order valence-electron chi connectivity index (χ0n) is 15.8. The Morgan fingerprint density at radius 2 is 1.96 bits per heavy atom. The molecule has 2 heterocycles. The molecule has 2 fully saturated rings. The van der Waals surface area contributed by atoms with Crippen molar-refractivity contribution in [1.29, 1.82) is 0 Å². The van der Waals surface area contributed by atoms with Gasteiger partial charge in [-0.25, -0.2) is 4.79 Å². The second-order valence-corrected chi connectivity index (χ2v) is 8.37. The molecule has 0 amide bonds. The van der Waals surface area contributed by atoms with Crippen LogP contribution in [0, 0.1) is 11.3 Å². The number of phenolic OH excluding ortho intramolecular Hbond substituents is 1. The summed E-state index contributed by atoms with van der Waals surface area (Å²) in [6, 6.07) is 6.67. The third kappa shape index (κ3) is 2.17. The summed E-state index contributed by atoms with van der Waals surface area (Å²) >= 11 is 0. The number of oxime groups is 1. The van der Waals surface area contributed by atoms with Gasteiger partial charge in [-0.2, -0.15) is 0 Å². The Kier molecular flexibility index (Phi) is 3.42. The van der Waals surface area contributed by atoms with E-state index >= 15 is 0 Å². The van der Waals surface area contributed by atoms with Crippen LogP contribution >= 0.6 is 0 Å². The molecule has 4 aliphatic rings. The highest BCUT2D eigenvalue weighted by Gasteiger charge is 2.66. The predicted octanol–water partition coefficient (Wildman–Crippen LogP) is 3.05. The van der Waals surface area contributed by atoms with Crippen LogP contribution in [0.3, 0.4) is 0 Å². The lowest BCUT2D eigenvalue weighted by Gasteiger charge is -2.43. The molecule has 5 rings (SSSR count). The van der Waals surface area contributed by atoms with Crippen LogP contribution < -0.4 is 0 Å². The van der Waals surface area contributed by atoms with E-state index in [0.717, 1.165) is 24.0 Å². The van der Waals surface area contributed by atoms with Crippen molar-refractivity contribution in [3.05, 3.63) is 53.1 Å². The number of nitrogens with zero attached hydrogens (tertiary/aromatic N) is 1. The Hall–Kier alpha value is -2.89. The lowest BCUT2D eigenvalue weighted by molar-refractivity contribution is -0.158. The second kappa shape index (κ2) is 5.56. The van der Waals surface area contributed by atoms with E-state index in [4.69, 9.17) is 9.57 Å². The summed E-state index contributed by atoms with van der Waals surface area (Å²) in [5.41, 5.74) is 1.63. The van der Waals surface area contributed by atoms with Gasteiger partial charge in [0.15, 0.2) is 5.78 Å². The molecule has 6 heteroatoms. The third-order valence-electron chi connectivity index (χ3n) is 6.74. The van der Waals surface area contributed by atoms with E-state index in [1.807, 2.05) is 13.0 Å². The van der Waals surface area contributed by atoms with Gasteiger partial charge in [0.05, 0.1) is 11.6 Å². The summed E-state index contributed by atoms with van der Waals surface area (Å²) < 4.78 is 5.84. The fraction of sp³-hybridized carbons (Fsp3) is 0.409. The summed E-state index contributed by atoms with van der Waals surface area (Å²) in [7, 11) is 0. The molecule has 28 heavy (non-hydrogen) atoms. The maximum atomic E-state index is 13.0. The third-order valence-corrected chi connectivity index (χ3v) is 6.74. The molecule has 1 saturated carbocycles. The fourth-order valence-electron chi connectivity index (χ4n) is 5.15. The highest BCUT2D eigenvalue weighted by Crippen LogP contribution is 2.56. The molecule has 1 N–H and O–H groups in total. The zero-order chi connectivity index (χ0) is 19.7. The van der Waals surface area contributed by atoms with Gasteiger partial charge in [0, 0.05) is 17.4 Å². The molecule has 0 bridgehead atoms. The summed E-state index contributed by atoms with van der Waals surface area (Å²) in [6.07, 6.45) is 5.01. The minimum atomic E-state index is -1.14. The number of fused-ring (bicyclic) bond motifs is 4. The molecule has 1 aromatic rings. The summed E-state index contributed by atoms with van der Waals surface area (Å²) in [5.74, 6) is -0.455. The predicted molar refractivity (Wildman–Crippen MR) is 101 cm³/mol. The number of hydrogen-bond acceptors (Lipinski definition) is 6. The maximum Gasteiger partial charge on any atom is 0.354 e. The molecule has 144 valence electrons. The molecule has 4 atom stereocenters. The van der Waals surface area contributed by atoms with Crippen LogP contribution in [-0.2, 0) is 19.2 Å². The standard InChI is InChI=1S/C22H21NO5/c1-12-17(25)8-10-21(2)9-7-15-19(18(12)21)27-20(26)22(15)11-16(23-28-22)13-3-5-14(24)6-4-13/h3-6,8,10,15,19,24H,7,9,11H2,1-2H3/t15-,19+,21+,22+/m1/s1. The number of allylic oxidation sites excluding steroid dienone is 3. The van der Waals surface area contributed by atoms with E-state index in [9.17, 15) is 14.7 Å². The van der Waals surface area contributed by atoms with Crippen molar-refractivity contribution >= 4 is 17.5 Å². The first-order chi connectivity index (χ1) is 13.3. The van der Waals surface area contributed by atoms with Gasteiger partial charge in [0.1, 0.15) is 11.9 Å². The molecular formula is C22H21NO5. The van der Waals surface area contributed by atoms with Gasteiger partial charge in [0.25, 0.3) is 0 Å².